The Labute approximate surface area is 116 Å². The van der Waals surface area contributed by atoms with Crippen molar-refractivity contribution in [1.29, 1.82) is 0 Å². The predicted molar refractivity (Wildman–Crippen MR) is 81.2 cm³/mol. The van der Waals surface area contributed by atoms with Crippen molar-refractivity contribution in [2.24, 2.45) is 11.7 Å². The van der Waals surface area contributed by atoms with Crippen molar-refractivity contribution in [2.45, 2.75) is 56.1 Å². The van der Waals surface area contributed by atoms with Crippen molar-refractivity contribution < 1.29 is 0 Å². The first-order chi connectivity index (χ1) is 8.69. The third kappa shape index (κ3) is 3.76. The molecule has 0 heterocycles. The van der Waals surface area contributed by atoms with Gasteiger partial charge < -0.3 is 5.73 Å². The maximum absolute atomic E-state index is 5.63. The van der Waals surface area contributed by atoms with Crippen LogP contribution in [0.5, 0.6) is 0 Å². The largest absolute Gasteiger partial charge is 0.330 e. The fourth-order valence-electron chi connectivity index (χ4n) is 2.86. The number of rotatable bonds is 4. The van der Waals surface area contributed by atoms with Crippen LogP contribution in [0.25, 0.3) is 0 Å². The van der Waals surface area contributed by atoms with Gasteiger partial charge in [0.05, 0.1) is 0 Å². The zero-order valence-electron chi connectivity index (χ0n) is 11.6. The number of hydrogen-bond donors (Lipinski definition) is 1. The molecule has 1 aliphatic rings. The molecular formula is C16H25NS. The molecule has 1 aliphatic carbocycles. The van der Waals surface area contributed by atoms with Crippen molar-refractivity contribution >= 4 is 11.8 Å². The molecule has 0 saturated heterocycles. The molecule has 2 rings (SSSR count). The van der Waals surface area contributed by atoms with Crippen LogP contribution in [0.15, 0.2) is 23.1 Å². The zero-order chi connectivity index (χ0) is 13.0. The molecular weight excluding hydrogens is 238 g/mol. The quantitative estimate of drug-likeness (QED) is 0.882. The molecule has 2 N–H and O–H groups in total. The van der Waals surface area contributed by atoms with Crippen LogP contribution >= 0.6 is 11.8 Å². The molecule has 1 nitrogen and oxygen atoms in total. The minimum Gasteiger partial charge on any atom is -0.330 e. The van der Waals surface area contributed by atoms with Gasteiger partial charge >= 0.3 is 0 Å². The van der Waals surface area contributed by atoms with E-state index in [1.165, 1.54) is 41.7 Å². The summed E-state index contributed by atoms with van der Waals surface area (Å²) >= 11 is 2.08. The van der Waals surface area contributed by atoms with Crippen molar-refractivity contribution in [2.75, 3.05) is 6.54 Å². The molecule has 1 aromatic carbocycles. The Bertz CT molecular complexity index is 389. The lowest BCUT2D eigenvalue weighted by Gasteiger charge is -2.26. The Morgan fingerprint density at radius 2 is 2.17 bits per heavy atom. The Morgan fingerprint density at radius 1 is 1.33 bits per heavy atom. The lowest BCUT2D eigenvalue weighted by atomic mass is 9.91. The molecule has 2 heteroatoms. The highest BCUT2D eigenvalue weighted by atomic mass is 32.2. The normalized spacial score (nSPS) is 24.2. The molecule has 0 aromatic heterocycles. The molecule has 0 bridgehead atoms. The van der Waals surface area contributed by atoms with Crippen LogP contribution in [-0.4, -0.2) is 11.8 Å². The molecule has 1 aromatic rings. The van der Waals surface area contributed by atoms with E-state index in [1.807, 2.05) is 0 Å². The zero-order valence-corrected chi connectivity index (χ0v) is 12.4. The lowest BCUT2D eigenvalue weighted by Crippen LogP contribution is -2.14. The second-order valence-electron chi connectivity index (χ2n) is 5.64. The van der Waals surface area contributed by atoms with Crippen molar-refractivity contribution in [1.82, 2.24) is 0 Å². The van der Waals surface area contributed by atoms with E-state index in [9.17, 15) is 0 Å². The van der Waals surface area contributed by atoms with Gasteiger partial charge in [0.25, 0.3) is 0 Å². The van der Waals surface area contributed by atoms with Crippen LogP contribution in [0.2, 0.25) is 0 Å². The van der Waals surface area contributed by atoms with E-state index in [4.69, 9.17) is 5.73 Å². The molecule has 1 saturated carbocycles. The first-order valence-electron chi connectivity index (χ1n) is 7.15. The summed E-state index contributed by atoms with van der Waals surface area (Å²) in [5.74, 6) is 0.911. The highest BCUT2D eigenvalue weighted by molar-refractivity contribution is 8.00. The van der Waals surface area contributed by atoms with Gasteiger partial charge in [0.15, 0.2) is 0 Å². The Hall–Kier alpha value is -0.470. The van der Waals surface area contributed by atoms with E-state index in [-0.39, 0.29) is 0 Å². The summed E-state index contributed by atoms with van der Waals surface area (Å²) in [6, 6.07) is 6.88. The van der Waals surface area contributed by atoms with Gasteiger partial charge in [-0.25, -0.2) is 0 Å². The summed E-state index contributed by atoms with van der Waals surface area (Å²) in [4.78, 5) is 1.44. The van der Waals surface area contributed by atoms with E-state index in [0.717, 1.165) is 24.1 Å². The fourth-order valence-corrected chi connectivity index (χ4v) is 4.34. The summed E-state index contributed by atoms with van der Waals surface area (Å²) < 4.78 is 0. The Morgan fingerprint density at radius 3 is 2.83 bits per heavy atom. The number of nitrogens with two attached hydrogens (primary N) is 1. The molecule has 0 aliphatic heterocycles. The van der Waals surface area contributed by atoms with Crippen LogP contribution < -0.4 is 5.73 Å². The van der Waals surface area contributed by atoms with Crippen LogP contribution in [0, 0.1) is 12.8 Å². The predicted octanol–water partition coefficient (Wildman–Crippen LogP) is 4.17. The minimum atomic E-state index is 0.744. The summed E-state index contributed by atoms with van der Waals surface area (Å²) in [6.07, 6.45) is 6.60. The van der Waals surface area contributed by atoms with Crippen molar-refractivity contribution in [3.63, 3.8) is 0 Å². The lowest BCUT2D eigenvalue weighted by molar-refractivity contribution is 0.394. The third-order valence-corrected chi connectivity index (χ3v) is 5.21. The van der Waals surface area contributed by atoms with Crippen LogP contribution in [-0.2, 0) is 6.42 Å². The molecule has 1 fully saturated rings. The molecule has 0 radical (unpaired) electrons. The maximum atomic E-state index is 5.63. The molecule has 2 atom stereocenters. The molecule has 0 amide bonds. The van der Waals surface area contributed by atoms with Gasteiger partial charge in [-0.3, -0.25) is 0 Å². The van der Waals surface area contributed by atoms with Crippen molar-refractivity contribution in [3.05, 3.63) is 29.3 Å². The molecule has 2 unspecified atom stereocenters. The molecule has 0 spiro atoms. The number of aryl methyl sites for hydroxylation is 1. The minimum absolute atomic E-state index is 0.744. The average molecular weight is 263 g/mol. The number of thioether (sulfide) groups is 1. The number of hydrogen-bond acceptors (Lipinski definition) is 2. The van der Waals surface area contributed by atoms with Gasteiger partial charge in [0, 0.05) is 10.1 Å². The van der Waals surface area contributed by atoms with E-state index in [2.05, 4.69) is 43.8 Å². The van der Waals surface area contributed by atoms with E-state index in [0.29, 0.717) is 0 Å². The van der Waals surface area contributed by atoms with Gasteiger partial charge in [-0.2, -0.15) is 0 Å². The fraction of sp³-hybridized carbons (Fsp3) is 0.625. The van der Waals surface area contributed by atoms with Crippen molar-refractivity contribution in [3.8, 4) is 0 Å². The summed E-state index contributed by atoms with van der Waals surface area (Å²) in [6.45, 7) is 5.34. The summed E-state index contributed by atoms with van der Waals surface area (Å²) in [5, 5.41) is 0.827. The maximum Gasteiger partial charge on any atom is 0.00969 e. The Kier molecular flexibility index (Phi) is 5.13. The Balaban J connectivity index is 1.99. The van der Waals surface area contributed by atoms with Gasteiger partial charge in [0.2, 0.25) is 0 Å². The van der Waals surface area contributed by atoms with E-state index < -0.39 is 0 Å². The van der Waals surface area contributed by atoms with Gasteiger partial charge in [-0.05, 0) is 61.9 Å². The smallest absolute Gasteiger partial charge is 0.00969 e. The van der Waals surface area contributed by atoms with Gasteiger partial charge in [-0.15, -0.1) is 11.8 Å². The highest BCUT2D eigenvalue weighted by Gasteiger charge is 2.19. The van der Waals surface area contributed by atoms with Gasteiger partial charge in [-0.1, -0.05) is 25.8 Å². The van der Waals surface area contributed by atoms with Gasteiger partial charge in [0.1, 0.15) is 0 Å². The average Bonchev–Trinajstić information content (AvgIpc) is 2.33. The summed E-state index contributed by atoms with van der Waals surface area (Å²) in [5.41, 5.74) is 8.43. The molecule has 18 heavy (non-hydrogen) atoms. The first kappa shape index (κ1) is 14.0. The number of benzene rings is 1. The SMILES string of the molecule is Cc1cc(SC2CCCC(C)C2)ccc1CCN. The first-order valence-corrected chi connectivity index (χ1v) is 8.03. The van der Waals surface area contributed by atoms with E-state index >= 15 is 0 Å². The second-order valence-corrected chi connectivity index (χ2v) is 7.01. The highest BCUT2D eigenvalue weighted by Crippen LogP contribution is 2.36. The monoisotopic (exact) mass is 263 g/mol. The van der Waals surface area contributed by atoms with Crippen LogP contribution in [0.4, 0.5) is 0 Å². The van der Waals surface area contributed by atoms with Crippen LogP contribution in [0.1, 0.15) is 43.7 Å². The third-order valence-electron chi connectivity index (χ3n) is 3.92. The topological polar surface area (TPSA) is 26.0 Å². The summed E-state index contributed by atoms with van der Waals surface area (Å²) in [7, 11) is 0. The molecule has 100 valence electrons. The second kappa shape index (κ2) is 6.63. The standard InChI is InChI=1S/C16H25NS/c1-12-4-3-5-15(10-12)18-16-7-6-14(8-9-17)13(2)11-16/h6-7,11-12,15H,3-5,8-10,17H2,1-2H3. The van der Waals surface area contributed by atoms with Crippen LogP contribution in [0.3, 0.4) is 0 Å². The van der Waals surface area contributed by atoms with E-state index in [1.54, 1.807) is 0 Å².